The highest BCUT2D eigenvalue weighted by Crippen LogP contribution is 2.26. The van der Waals surface area contributed by atoms with Gasteiger partial charge >= 0.3 is 0 Å². The van der Waals surface area contributed by atoms with Crippen molar-refractivity contribution in [2.24, 2.45) is 0 Å². The van der Waals surface area contributed by atoms with Crippen LogP contribution in [0.15, 0.2) is 84.7 Å². The first-order chi connectivity index (χ1) is 12.6. The van der Waals surface area contributed by atoms with E-state index in [1.165, 1.54) is 12.1 Å². The van der Waals surface area contributed by atoms with Crippen molar-refractivity contribution < 1.29 is 13.5 Å². The molecule has 0 atom stereocenters. The molecule has 3 rings (SSSR count). The minimum Gasteiger partial charge on any atom is -0.454 e. The van der Waals surface area contributed by atoms with E-state index in [2.05, 4.69) is 0 Å². The average molecular weight is 371 g/mol. The molecule has 0 bridgehead atoms. The Morgan fingerprint density at radius 1 is 0.923 bits per heavy atom. The van der Waals surface area contributed by atoms with Crippen molar-refractivity contribution in [1.82, 2.24) is 0 Å². The molecule has 0 saturated heterocycles. The van der Waals surface area contributed by atoms with Crippen molar-refractivity contribution in [3.63, 3.8) is 0 Å². The van der Waals surface area contributed by atoms with E-state index in [1.54, 1.807) is 48.5 Å². The number of hydrogen-bond donors (Lipinski definition) is 0. The molecule has 3 aromatic rings. The normalized spacial score (nSPS) is 11.4. The van der Waals surface area contributed by atoms with Crippen LogP contribution in [0.5, 0.6) is 11.5 Å². The molecule has 0 amide bonds. The minimum atomic E-state index is -0.455. The zero-order valence-electron chi connectivity index (χ0n) is 14.0. The van der Waals surface area contributed by atoms with Crippen LogP contribution in [0.1, 0.15) is 11.1 Å². The second kappa shape index (κ2) is 8.63. The second-order valence-electron chi connectivity index (χ2n) is 5.84. The van der Waals surface area contributed by atoms with Crippen LogP contribution in [-0.4, -0.2) is 0 Å². The van der Waals surface area contributed by atoms with Crippen molar-refractivity contribution >= 4 is 11.6 Å². The summed E-state index contributed by atoms with van der Waals surface area (Å²) in [5.41, 5.74) is 1.61. The van der Waals surface area contributed by atoms with E-state index in [4.69, 9.17) is 16.3 Å². The lowest BCUT2D eigenvalue weighted by Gasteiger charge is -2.08. The van der Waals surface area contributed by atoms with Crippen LogP contribution < -0.4 is 4.74 Å². The molecule has 0 aromatic heterocycles. The van der Waals surface area contributed by atoms with Crippen LogP contribution in [0.3, 0.4) is 0 Å². The van der Waals surface area contributed by atoms with E-state index >= 15 is 0 Å². The molecule has 0 aliphatic heterocycles. The molecule has 3 aromatic carbocycles. The summed E-state index contributed by atoms with van der Waals surface area (Å²) in [5, 5.41) is 0.621. The van der Waals surface area contributed by atoms with Crippen molar-refractivity contribution in [2.75, 3.05) is 0 Å². The molecule has 0 N–H and O–H groups in total. The van der Waals surface area contributed by atoms with Gasteiger partial charge in [-0.05, 0) is 60.0 Å². The summed E-state index contributed by atoms with van der Waals surface area (Å²) < 4.78 is 33.6. The van der Waals surface area contributed by atoms with Gasteiger partial charge in [0.2, 0.25) is 0 Å². The number of hydrogen-bond acceptors (Lipinski definition) is 1. The Hall–Kier alpha value is -2.65. The quantitative estimate of drug-likeness (QED) is 0.458. The van der Waals surface area contributed by atoms with Crippen molar-refractivity contribution in [3.05, 3.63) is 107 Å². The van der Waals surface area contributed by atoms with Crippen molar-refractivity contribution in [2.45, 2.75) is 12.8 Å². The number of halogens is 3. The number of ether oxygens (including phenoxy) is 1. The van der Waals surface area contributed by atoms with Crippen LogP contribution in [0.2, 0.25) is 5.02 Å². The highest BCUT2D eigenvalue weighted by atomic mass is 35.5. The van der Waals surface area contributed by atoms with E-state index in [0.717, 1.165) is 11.1 Å². The van der Waals surface area contributed by atoms with Crippen molar-refractivity contribution in [3.8, 4) is 11.5 Å². The van der Waals surface area contributed by atoms with Crippen molar-refractivity contribution in [1.29, 1.82) is 0 Å². The largest absolute Gasteiger partial charge is 0.454 e. The Bertz CT molecular complexity index is 890. The second-order valence-corrected chi connectivity index (χ2v) is 6.27. The Morgan fingerprint density at radius 3 is 2.35 bits per heavy atom. The zero-order valence-corrected chi connectivity index (χ0v) is 14.7. The first kappa shape index (κ1) is 18.2. The monoisotopic (exact) mass is 370 g/mol. The maximum Gasteiger partial charge on any atom is 0.165 e. The Labute approximate surface area is 156 Å². The molecule has 0 radical (unpaired) electrons. The fourth-order valence-electron chi connectivity index (χ4n) is 2.47. The van der Waals surface area contributed by atoms with Crippen LogP contribution >= 0.6 is 11.6 Å². The third-order valence-corrected chi connectivity index (χ3v) is 4.06. The topological polar surface area (TPSA) is 9.23 Å². The predicted molar refractivity (Wildman–Crippen MR) is 101 cm³/mol. The van der Waals surface area contributed by atoms with Gasteiger partial charge in [0.1, 0.15) is 11.6 Å². The summed E-state index contributed by atoms with van der Waals surface area (Å²) in [7, 11) is 0. The van der Waals surface area contributed by atoms with Gasteiger partial charge in [-0.25, -0.2) is 8.78 Å². The molecule has 0 aliphatic carbocycles. The molecule has 4 heteroatoms. The number of rotatable bonds is 6. The van der Waals surface area contributed by atoms with Gasteiger partial charge in [0.15, 0.2) is 11.6 Å². The summed E-state index contributed by atoms with van der Waals surface area (Å²) >= 11 is 5.82. The van der Waals surface area contributed by atoms with Crippen LogP contribution in [-0.2, 0) is 12.8 Å². The fourth-order valence-corrected chi connectivity index (χ4v) is 2.59. The lowest BCUT2D eigenvalue weighted by atomic mass is 10.1. The van der Waals surface area contributed by atoms with E-state index in [0.29, 0.717) is 17.2 Å². The summed E-state index contributed by atoms with van der Waals surface area (Å²) in [6, 6.07) is 20.6. The molecule has 0 spiro atoms. The maximum atomic E-state index is 14.1. The molecule has 0 saturated carbocycles. The Balaban J connectivity index is 1.67. The van der Waals surface area contributed by atoms with Gasteiger partial charge in [0, 0.05) is 11.4 Å². The zero-order chi connectivity index (χ0) is 18.4. The fraction of sp³-hybridized carbons (Fsp3) is 0.0909. The number of para-hydroxylation sites is 1. The first-order valence-corrected chi connectivity index (χ1v) is 8.58. The molecule has 132 valence electrons. The van der Waals surface area contributed by atoms with E-state index < -0.39 is 5.82 Å². The molecule has 26 heavy (non-hydrogen) atoms. The van der Waals surface area contributed by atoms with Gasteiger partial charge in [-0.1, -0.05) is 48.0 Å². The van der Waals surface area contributed by atoms with E-state index in [-0.39, 0.29) is 18.0 Å². The summed E-state index contributed by atoms with van der Waals surface area (Å²) in [6.45, 7) is 0. The molecule has 0 fully saturated rings. The minimum absolute atomic E-state index is 0.125. The smallest absolute Gasteiger partial charge is 0.165 e. The highest BCUT2D eigenvalue weighted by Gasteiger charge is 2.06. The molecule has 0 unspecified atom stereocenters. The molecular formula is C22H17ClF2O. The van der Waals surface area contributed by atoms with Gasteiger partial charge in [0.25, 0.3) is 0 Å². The molecule has 0 aliphatic rings. The summed E-state index contributed by atoms with van der Waals surface area (Å²) in [5.74, 6) is -0.0291. The van der Waals surface area contributed by atoms with Crippen LogP contribution in [0, 0.1) is 5.82 Å². The number of benzene rings is 3. The third kappa shape index (κ3) is 5.17. The standard InChI is InChI=1S/C22H17ClF2O/c23-18-10-6-16(7-11-18)14-19(24)12-8-17-9-13-21(25)22(15-17)26-20-4-2-1-3-5-20/h1-7,9-13,15H,8,14H2. The van der Waals surface area contributed by atoms with Gasteiger partial charge in [0.05, 0.1) is 0 Å². The van der Waals surface area contributed by atoms with Gasteiger partial charge in [-0.3, -0.25) is 0 Å². The van der Waals surface area contributed by atoms with Gasteiger partial charge < -0.3 is 4.74 Å². The lowest BCUT2D eigenvalue weighted by molar-refractivity contribution is 0.441. The third-order valence-electron chi connectivity index (χ3n) is 3.81. The Kier molecular flexibility index (Phi) is 6.03. The van der Waals surface area contributed by atoms with Gasteiger partial charge in [-0.2, -0.15) is 0 Å². The molecule has 1 nitrogen and oxygen atoms in total. The Morgan fingerprint density at radius 2 is 1.62 bits per heavy atom. The summed E-state index contributed by atoms with van der Waals surface area (Å²) in [6.07, 6.45) is 2.05. The first-order valence-electron chi connectivity index (χ1n) is 8.20. The molecular weight excluding hydrogens is 354 g/mol. The highest BCUT2D eigenvalue weighted by molar-refractivity contribution is 6.30. The van der Waals surface area contributed by atoms with E-state index in [1.807, 2.05) is 18.2 Å². The van der Waals surface area contributed by atoms with Crippen LogP contribution in [0.4, 0.5) is 8.78 Å². The SMILES string of the molecule is FC(=CCc1ccc(F)c(Oc2ccccc2)c1)Cc1ccc(Cl)cc1. The average Bonchev–Trinajstić information content (AvgIpc) is 2.65. The lowest BCUT2D eigenvalue weighted by Crippen LogP contribution is -1.92. The van der Waals surface area contributed by atoms with Gasteiger partial charge in [-0.15, -0.1) is 0 Å². The van der Waals surface area contributed by atoms with Crippen LogP contribution in [0.25, 0.3) is 0 Å². The summed E-state index contributed by atoms with van der Waals surface area (Å²) in [4.78, 5) is 0. The van der Waals surface area contributed by atoms with E-state index in [9.17, 15) is 8.78 Å². The molecule has 0 heterocycles. The predicted octanol–water partition coefficient (Wildman–Crippen LogP) is 6.91. The maximum absolute atomic E-state index is 14.1. The number of allylic oxidation sites excluding steroid dienone is 2.